The quantitative estimate of drug-likeness (QED) is 0.557. The van der Waals surface area contributed by atoms with Crippen LogP contribution >= 0.6 is 0 Å². The Morgan fingerprint density at radius 2 is 2.38 bits per heavy atom. The Bertz CT molecular complexity index is 397. The molecule has 0 aliphatic rings. The second-order valence-corrected chi connectivity index (χ2v) is 2.67. The molecule has 2 aromatic rings. The standard InChI is InChI=1S/C9H10N2O2/c1-12-7-13-8-2-3-9-10-4-5-11(9)6-8/h2-6H,7H2,1H3/p+1. The number of aromatic amines is 1. The summed E-state index contributed by atoms with van der Waals surface area (Å²) in [5.74, 6) is 0.791. The van der Waals surface area contributed by atoms with E-state index in [1.165, 1.54) is 0 Å². The van der Waals surface area contributed by atoms with Gasteiger partial charge in [0, 0.05) is 13.2 Å². The van der Waals surface area contributed by atoms with E-state index in [0.29, 0.717) is 0 Å². The summed E-state index contributed by atoms with van der Waals surface area (Å²) >= 11 is 0. The average Bonchev–Trinajstić information content (AvgIpc) is 2.61. The number of hydrogen-bond donors (Lipinski definition) is 1. The molecule has 2 heterocycles. The molecule has 0 saturated heterocycles. The third kappa shape index (κ3) is 1.62. The minimum atomic E-state index is 0.274. The number of ether oxygens (including phenoxy) is 2. The summed E-state index contributed by atoms with van der Waals surface area (Å²) in [6.07, 6.45) is 5.69. The van der Waals surface area contributed by atoms with Crippen molar-refractivity contribution in [3.05, 3.63) is 30.7 Å². The highest BCUT2D eigenvalue weighted by atomic mass is 16.7. The maximum absolute atomic E-state index is 5.28. The predicted octanol–water partition coefficient (Wildman–Crippen LogP) is 0.736. The molecule has 0 atom stereocenters. The number of nitrogens with one attached hydrogen (secondary N) is 1. The second-order valence-electron chi connectivity index (χ2n) is 2.67. The third-order valence-electron chi connectivity index (χ3n) is 1.76. The molecule has 0 fully saturated rings. The van der Waals surface area contributed by atoms with Crippen LogP contribution in [0.5, 0.6) is 5.75 Å². The Hall–Kier alpha value is -1.55. The highest BCUT2D eigenvalue weighted by Gasteiger charge is 2.02. The molecule has 0 bridgehead atoms. The van der Waals surface area contributed by atoms with E-state index in [9.17, 15) is 0 Å². The number of fused-ring (bicyclic) bond motifs is 1. The molecular formula is C9H11N2O2+. The fourth-order valence-corrected chi connectivity index (χ4v) is 1.16. The van der Waals surface area contributed by atoms with Gasteiger partial charge in [0.2, 0.25) is 0 Å². The van der Waals surface area contributed by atoms with Crippen LogP contribution in [0.25, 0.3) is 5.65 Å². The number of H-pyrrole nitrogens is 1. The van der Waals surface area contributed by atoms with Crippen LogP contribution in [-0.2, 0) is 4.74 Å². The van der Waals surface area contributed by atoms with Crippen molar-refractivity contribution >= 4 is 5.65 Å². The van der Waals surface area contributed by atoms with Gasteiger partial charge in [-0.2, -0.15) is 4.40 Å². The fourth-order valence-electron chi connectivity index (χ4n) is 1.16. The number of methoxy groups -OCH3 is 1. The maximum Gasteiger partial charge on any atom is 0.284 e. The first-order valence-electron chi connectivity index (χ1n) is 4.00. The zero-order valence-electron chi connectivity index (χ0n) is 7.36. The molecule has 0 amide bonds. The van der Waals surface area contributed by atoms with Crippen LogP contribution in [0, 0.1) is 0 Å². The van der Waals surface area contributed by atoms with E-state index < -0.39 is 0 Å². The number of imidazole rings is 1. The van der Waals surface area contributed by atoms with Crippen molar-refractivity contribution in [3.63, 3.8) is 0 Å². The van der Waals surface area contributed by atoms with E-state index in [2.05, 4.69) is 4.98 Å². The molecule has 2 aromatic heterocycles. The number of rotatable bonds is 3. The molecule has 2 rings (SSSR count). The van der Waals surface area contributed by atoms with Gasteiger partial charge in [-0.25, -0.2) is 4.98 Å². The SMILES string of the molecule is COCOc1ccc2[nH]cc[n+]2c1. The summed E-state index contributed by atoms with van der Waals surface area (Å²) in [6, 6.07) is 3.84. The van der Waals surface area contributed by atoms with Crippen molar-refractivity contribution in [3.8, 4) is 5.75 Å². The predicted molar refractivity (Wildman–Crippen MR) is 46.5 cm³/mol. The van der Waals surface area contributed by atoms with Gasteiger partial charge < -0.3 is 9.47 Å². The molecule has 13 heavy (non-hydrogen) atoms. The Labute approximate surface area is 75.7 Å². The largest absolute Gasteiger partial charge is 0.464 e. The second kappa shape index (κ2) is 3.45. The van der Waals surface area contributed by atoms with Gasteiger partial charge in [0.1, 0.15) is 18.6 Å². The van der Waals surface area contributed by atoms with Gasteiger partial charge in [0.15, 0.2) is 12.5 Å². The topological polar surface area (TPSA) is 38.4 Å². The van der Waals surface area contributed by atoms with Gasteiger partial charge in [0.05, 0.1) is 0 Å². The van der Waals surface area contributed by atoms with Crippen LogP contribution in [0.1, 0.15) is 0 Å². The van der Waals surface area contributed by atoms with Crippen LogP contribution in [-0.4, -0.2) is 18.9 Å². The van der Waals surface area contributed by atoms with E-state index in [4.69, 9.17) is 9.47 Å². The van der Waals surface area contributed by atoms with Gasteiger partial charge in [-0.3, -0.25) is 0 Å². The molecular weight excluding hydrogens is 168 g/mol. The number of pyridine rings is 1. The van der Waals surface area contributed by atoms with Gasteiger partial charge in [-0.1, -0.05) is 0 Å². The van der Waals surface area contributed by atoms with Crippen molar-refractivity contribution in [2.24, 2.45) is 0 Å². The maximum atomic E-state index is 5.28. The summed E-state index contributed by atoms with van der Waals surface area (Å²) in [6.45, 7) is 0.274. The fraction of sp³-hybridized carbons (Fsp3) is 0.222. The van der Waals surface area contributed by atoms with Gasteiger partial charge in [-0.15, -0.1) is 0 Å². The van der Waals surface area contributed by atoms with Crippen molar-refractivity contribution in [2.75, 3.05) is 13.9 Å². The highest BCUT2D eigenvalue weighted by molar-refractivity contribution is 5.31. The van der Waals surface area contributed by atoms with Crippen molar-refractivity contribution in [1.29, 1.82) is 0 Å². The summed E-state index contributed by atoms with van der Waals surface area (Å²) in [7, 11) is 1.60. The highest BCUT2D eigenvalue weighted by Crippen LogP contribution is 2.07. The first-order chi connectivity index (χ1) is 6.40. The third-order valence-corrected chi connectivity index (χ3v) is 1.76. The minimum absolute atomic E-state index is 0.274. The van der Waals surface area contributed by atoms with Gasteiger partial charge >= 0.3 is 0 Å². The Balaban J connectivity index is 2.26. The molecule has 0 radical (unpaired) electrons. The minimum Gasteiger partial charge on any atom is -0.464 e. The van der Waals surface area contributed by atoms with Crippen molar-refractivity contribution < 1.29 is 13.9 Å². The zero-order chi connectivity index (χ0) is 9.10. The number of hydrogen-bond acceptors (Lipinski definition) is 2. The molecule has 4 nitrogen and oxygen atoms in total. The lowest BCUT2D eigenvalue weighted by molar-refractivity contribution is -0.510. The first kappa shape index (κ1) is 8.07. The smallest absolute Gasteiger partial charge is 0.284 e. The summed E-state index contributed by atoms with van der Waals surface area (Å²) < 4.78 is 12.0. The lowest BCUT2D eigenvalue weighted by Gasteiger charge is -2.01. The average molecular weight is 179 g/mol. The Kier molecular flexibility index (Phi) is 2.14. The zero-order valence-corrected chi connectivity index (χ0v) is 7.36. The normalized spacial score (nSPS) is 10.5. The van der Waals surface area contributed by atoms with Crippen LogP contribution < -0.4 is 9.14 Å². The molecule has 0 aromatic carbocycles. The number of aromatic nitrogens is 2. The lowest BCUT2D eigenvalue weighted by atomic mass is 10.4. The number of nitrogens with zero attached hydrogens (tertiary/aromatic N) is 1. The Morgan fingerprint density at radius 1 is 1.46 bits per heavy atom. The van der Waals surface area contributed by atoms with E-state index in [1.54, 1.807) is 7.11 Å². The van der Waals surface area contributed by atoms with E-state index in [-0.39, 0.29) is 6.79 Å². The Morgan fingerprint density at radius 3 is 3.23 bits per heavy atom. The lowest BCUT2D eigenvalue weighted by Crippen LogP contribution is -2.17. The molecule has 0 aliphatic carbocycles. The molecule has 0 spiro atoms. The molecule has 4 heteroatoms. The van der Waals surface area contributed by atoms with Gasteiger partial charge in [0.25, 0.3) is 5.65 Å². The summed E-state index contributed by atoms with van der Waals surface area (Å²) in [4.78, 5) is 3.08. The summed E-state index contributed by atoms with van der Waals surface area (Å²) in [5.41, 5.74) is 1.03. The van der Waals surface area contributed by atoms with Crippen LogP contribution in [0.4, 0.5) is 0 Å². The first-order valence-corrected chi connectivity index (χ1v) is 4.00. The molecule has 0 saturated carbocycles. The van der Waals surface area contributed by atoms with Crippen LogP contribution in [0.3, 0.4) is 0 Å². The monoisotopic (exact) mass is 179 g/mol. The van der Waals surface area contributed by atoms with E-state index >= 15 is 0 Å². The molecule has 0 aliphatic heterocycles. The van der Waals surface area contributed by atoms with Crippen molar-refractivity contribution in [2.45, 2.75) is 0 Å². The van der Waals surface area contributed by atoms with Crippen LogP contribution in [0.2, 0.25) is 0 Å². The van der Waals surface area contributed by atoms with E-state index in [1.807, 2.05) is 35.1 Å². The summed E-state index contributed by atoms with van der Waals surface area (Å²) in [5, 5.41) is 0. The van der Waals surface area contributed by atoms with Crippen LogP contribution in [0.15, 0.2) is 30.7 Å². The van der Waals surface area contributed by atoms with Crippen molar-refractivity contribution in [1.82, 2.24) is 4.98 Å². The molecule has 0 unspecified atom stereocenters. The molecule has 1 N–H and O–H groups in total. The van der Waals surface area contributed by atoms with Gasteiger partial charge in [-0.05, 0) is 6.07 Å². The van der Waals surface area contributed by atoms with E-state index in [0.717, 1.165) is 11.4 Å². The molecule has 68 valence electrons.